The summed E-state index contributed by atoms with van der Waals surface area (Å²) in [6, 6.07) is 3.63. The number of carboxylic acid groups (broad SMARTS) is 1. The first-order valence-corrected chi connectivity index (χ1v) is 7.81. The summed E-state index contributed by atoms with van der Waals surface area (Å²) in [7, 11) is -3.73. The topological polar surface area (TPSA) is 92.7 Å². The number of hydrogen-bond acceptors (Lipinski definition) is 4. The fourth-order valence-corrected chi connectivity index (χ4v) is 3.45. The predicted molar refractivity (Wildman–Crippen MR) is 70.6 cm³/mol. The van der Waals surface area contributed by atoms with Crippen LogP contribution in [0, 0.1) is 0 Å². The van der Waals surface area contributed by atoms with Gasteiger partial charge >= 0.3 is 5.97 Å². The number of aromatic carboxylic acids is 1. The van der Waals surface area contributed by atoms with Gasteiger partial charge in [0.25, 0.3) is 0 Å². The Labute approximate surface area is 118 Å². The van der Waals surface area contributed by atoms with Crippen LogP contribution in [0.15, 0.2) is 27.6 Å². The Bertz CT molecular complexity index is 595. The molecule has 1 aliphatic heterocycles. The zero-order valence-electron chi connectivity index (χ0n) is 9.80. The van der Waals surface area contributed by atoms with Gasteiger partial charge in [-0.25, -0.2) is 17.9 Å². The Balaban J connectivity index is 2.29. The van der Waals surface area contributed by atoms with E-state index in [1.54, 1.807) is 0 Å². The number of rotatable bonds is 4. The average Bonchev–Trinajstić information content (AvgIpc) is 2.80. The van der Waals surface area contributed by atoms with Gasteiger partial charge in [0, 0.05) is 17.1 Å². The molecule has 1 aliphatic rings. The molecule has 0 spiro atoms. The Morgan fingerprint density at radius 3 is 2.79 bits per heavy atom. The Morgan fingerprint density at radius 1 is 1.47 bits per heavy atom. The summed E-state index contributed by atoms with van der Waals surface area (Å²) in [5, 5.41) is 8.97. The first-order valence-electron chi connectivity index (χ1n) is 5.53. The van der Waals surface area contributed by atoms with Crippen molar-refractivity contribution in [3.05, 3.63) is 28.2 Å². The number of carbonyl (C=O) groups is 1. The van der Waals surface area contributed by atoms with Crippen molar-refractivity contribution in [3.63, 3.8) is 0 Å². The van der Waals surface area contributed by atoms with Crippen LogP contribution in [0.2, 0.25) is 0 Å². The molecule has 0 bridgehead atoms. The summed E-state index contributed by atoms with van der Waals surface area (Å²) in [6.45, 7) is 0.857. The SMILES string of the molecule is O=C(O)c1cc(S(=O)(=O)NC2CCOC2)ccc1Br. The zero-order valence-corrected chi connectivity index (χ0v) is 12.2. The van der Waals surface area contributed by atoms with Gasteiger partial charge in [0.1, 0.15) is 0 Å². The fraction of sp³-hybridized carbons (Fsp3) is 0.364. The van der Waals surface area contributed by atoms with Crippen molar-refractivity contribution < 1.29 is 23.1 Å². The molecule has 0 amide bonds. The highest BCUT2D eigenvalue weighted by molar-refractivity contribution is 9.10. The minimum absolute atomic E-state index is 0.0694. The quantitative estimate of drug-likeness (QED) is 0.852. The standard InChI is InChI=1S/C11H12BrNO5S/c12-10-2-1-8(5-9(10)11(14)15)19(16,17)13-7-3-4-18-6-7/h1-2,5,7,13H,3-4,6H2,(H,14,15). The van der Waals surface area contributed by atoms with E-state index in [0.29, 0.717) is 24.1 Å². The molecule has 2 N–H and O–H groups in total. The first kappa shape index (κ1) is 14.4. The maximum atomic E-state index is 12.1. The molecule has 1 unspecified atom stereocenters. The molecule has 104 valence electrons. The summed E-state index contributed by atoms with van der Waals surface area (Å²) >= 11 is 3.07. The van der Waals surface area contributed by atoms with E-state index in [1.165, 1.54) is 12.1 Å². The third kappa shape index (κ3) is 3.33. The van der Waals surface area contributed by atoms with Crippen LogP contribution in [-0.4, -0.2) is 38.7 Å². The Hall–Kier alpha value is -0.960. The highest BCUT2D eigenvalue weighted by atomic mass is 79.9. The van der Waals surface area contributed by atoms with Gasteiger partial charge in [0.2, 0.25) is 10.0 Å². The molecule has 1 heterocycles. The molecule has 1 fully saturated rings. The lowest BCUT2D eigenvalue weighted by Gasteiger charge is -2.12. The van der Waals surface area contributed by atoms with E-state index in [0.717, 1.165) is 6.07 Å². The lowest BCUT2D eigenvalue weighted by atomic mass is 10.2. The largest absolute Gasteiger partial charge is 0.478 e. The molecular formula is C11H12BrNO5S. The van der Waals surface area contributed by atoms with Gasteiger partial charge < -0.3 is 9.84 Å². The molecule has 8 heteroatoms. The molecular weight excluding hydrogens is 338 g/mol. The van der Waals surface area contributed by atoms with Crippen molar-refractivity contribution in [2.45, 2.75) is 17.4 Å². The molecule has 1 aromatic carbocycles. The van der Waals surface area contributed by atoms with E-state index >= 15 is 0 Å². The molecule has 0 aromatic heterocycles. The van der Waals surface area contributed by atoms with Gasteiger partial charge in [0.05, 0.1) is 17.1 Å². The van der Waals surface area contributed by atoms with Crippen molar-refractivity contribution in [2.24, 2.45) is 0 Å². The van der Waals surface area contributed by atoms with Gasteiger partial charge in [-0.3, -0.25) is 0 Å². The number of ether oxygens (including phenoxy) is 1. The van der Waals surface area contributed by atoms with Gasteiger partial charge in [-0.05, 0) is 40.5 Å². The zero-order chi connectivity index (χ0) is 14.0. The molecule has 19 heavy (non-hydrogen) atoms. The maximum absolute atomic E-state index is 12.1. The van der Waals surface area contributed by atoms with Crippen LogP contribution in [0.1, 0.15) is 16.8 Å². The van der Waals surface area contributed by atoms with E-state index in [-0.39, 0.29) is 16.5 Å². The predicted octanol–water partition coefficient (Wildman–Crippen LogP) is 1.21. The second-order valence-corrected chi connectivity index (χ2v) is 6.70. The maximum Gasteiger partial charge on any atom is 0.336 e. The third-order valence-corrected chi connectivity index (χ3v) is 4.94. The van der Waals surface area contributed by atoms with E-state index in [4.69, 9.17) is 9.84 Å². The van der Waals surface area contributed by atoms with Crippen molar-refractivity contribution in [1.29, 1.82) is 0 Å². The molecule has 1 saturated heterocycles. The van der Waals surface area contributed by atoms with Gasteiger partial charge in [-0.2, -0.15) is 0 Å². The molecule has 0 saturated carbocycles. The fourth-order valence-electron chi connectivity index (χ4n) is 1.75. The lowest BCUT2D eigenvalue weighted by molar-refractivity contribution is 0.0695. The lowest BCUT2D eigenvalue weighted by Crippen LogP contribution is -2.35. The highest BCUT2D eigenvalue weighted by Gasteiger charge is 2.24. The van der Waals surface area contributed by atoms with Gasteiger partial charge in [-0.1, -0.05) is 0 Å². The van der Waals surface area contributed by atoms with Crippen LogP contribution in [0.5, 0.6) is 0 Å². The number of carboxylic acids is 1. The van der Waals surface area contributed by atoms with E-state index in [1.807, 2.05) is 0 Å². The average molecular weight is 350 g/mol. The van der Waals surface area contributed by atoms with Crippen molar-refractivity contribution in [1.82, 2.24) is 4.72 Å². The smallest absolute Gasteiger partial charge is 0.336 e. The van der Waals surface area contributed by atoms with Crippen LogP contribution in [0.3, 0.4) is 0 Å². The summed E-state index contributed by atoms with van der Waals surface area (Å²) < 4.78 is 32.1. The van der Waals surface area contributed by atoms with Crippen LogP contribution in [-0.2, 0) is 14.8 Å². The first-order chi connectivity index (χ1) is 8.90. The molecule has 2 rings (SSSR count). The third-order valence-electron chi connectivity index (χ3n) is 2.73. The van der Waals surface area contributed by atoms with Crippen LogP contribution in [0.25, 0.3) is 0 Å². The van der Waals surface area contributed by atoms with Crippen molar-refractivity contribution in [3.8, 4) is 0 Å². The monoisotopic (exact) mass is 349 g/mol. The number of benzene rings is 1. The minimum Gasteiger partial charge on any atom is -0.478 e. The van der Waals surface area contributed by atoms with Gasteiger partial charge in [-0.15, -0.1) is 0 Å². The number of hydrogen-bond donors (Lipinski definition) is 2. The minimum atomic E-state index is -3.73. The van der Waals surface area contributed by atoms with Crippen LogP contribution < -0.4 is 4.72 Å². The molecule has 0 aliphatic carbocycles. The second-order valence-electron chi connectivity index (χ2n) is 4.13. The number of halogens is 1. The second kappa shape index (κ2) is 5.58. The summed E-state index contributed by atoms with van der Waals surface area (Å²) in [4.78, 5) is 10.9. The van der Waals surface area contributed by atoms with Crippen molar-refractivity contribution in [2.75, 3.05) is 13.2 Å². The molecule has 0 radical (unpaired) electrons. The van der Waals surface area contributed by atoms with E-state index in [9.17, 15) is 13.2 Å². The Kier molecular flexibility index (Phi) is 4.24. The van der Waals surface area contributed by atoms with Crippen molar-refractivity contribution >= 4 is 31.9 Å². The number of sulfonamides is 1. The summed E-state index contributed by atoms with van der Waals surface area (Å²) in [5.74, 6) is -1.19. The van der Waals surface area contributed by atoms with E-state index < -0.39 is 16.0 Å². The highest BCUT2D eigenvalue weighted by Crippen LogP contribution is 2.21. The van der Waals surface area contributed by atoms with E-state index in [2.05, 4.69) is 20.7 Å². The molecule has 1 atom stereocenters. The Morgan fingerprint density at radius 2 is 2.21 bits per heavy atom. The molecule has 1 aromatic rings. The normalized spacial score (nSPS) is 19.5. The van der Waals surface area contributed by atoms with Gasteiger partial charge in [0.15, 0.2) is 0 Å². The summed E-state index contributed by atoms with van der Waals surface area (Å²) in [6.07, 6.45) is 0.613. The van der Waals surface area contributed by atoms with Crippen LogP contribution in [0.4, 0.5) is 0 Å². The molecule has 6 nitrogen and oxygen atoms in total. The number of nitrogens with one attached hydrogen (secondary N) is 1. The van der Waals surface area contributed by atoms with Crippen LogP contribution >= 0.6 is 15.9 Å². The summed E-state index contributed by atoms with van der Waals surface area (Å²) in [5.41, 5.74) is -0.0921.